The van der Waals surface area contributed by atoms with E-state index in [1.54, 1.807) is 37.7 Å². The van der Waals surface area contributed by atoms with Gasteiger partial charge in [-0.15, -0.1) is 0 Å². The van der Waals surface area contributed by atoms with Gasteiger partial charge in [0.15, 0.2) is 11.6 Å². The van der Waals surface area contributed by atoms with E-state index in [9.17, 15) is 14.7 Å². The average molecular weight is 452 g/mol. The van der Waals surface area contributed by atoms with Crippen LogP contribution in [0.15, 0.2) is 47.5 Å². The van der Waals surface area contributed by atoms with Crippen molar-refractivity contribution >= 4 is 11.7 Å². The Morgan fingerprint density at radius 1 is 1.27 bits per heavy atom. The Hall–Kier alpha value is -3.46. The number of fused-ring (bicyclic) bond motifs is 1. The molecule has 0 fully saturated rings. The number of aliphatic hydroxyl groups is 1. The number of amides is 1. The maximum atomic E-state index is 12.7. The molecule has 174 valence electrons. The first-order valence-corrected chi connectivity index (χ1v) is 11.1. The van der Waals surface area contributed by atoms with Crippen molar-refractivity contribution < 1.29 is 14.6 Å². The van der Waals surface area contributed by atoms with Crippen molar-refractivity contribution in [2.45, 2.75) is 64.6 Å². The zero-order chi connectivity index (χ0) is 23.6. The number of aryl methyl sites for hydroxylation is 1. The molecule has 4 rings (SSSR count). The van der Waals surface area contributed by atoms with Gasteiger partial charge in [-0.05, 0) is 63.6 Å². The maximum Gasteiger partial charge on any atom is 0.271 e. The molecule has 0 bridgehead atoms. The summed E-state index contributed by atoms with van der Waals surface area (Å²) in [7, 11) is 0. The maximum absolute atomic E-state index is 12.7. The molecule has 1 amide bonds. The van der Waals surface area contributed by atoms with Gasteiger partial charge in [-0.1, -0.05) is 12.1 Å². The van der Waals surface area contributed by atoms with E-state index in [4.69, 9.17) is 4.74 Å². The first-order chi connectivity index (χ1) is 15.7. The second-order valence-electron chi connectivity index (χ2n) is 9.05. The number of anilines is 1. The Labute approximate surface area is 192 Å². The standard InChI is InChI=1S/C24H29N5O4/c1-16(23(31)26-21-11-12-28(27-21)15-24(2,3)32)29-22(30)13-18(14-25-29)33-20-10-6-8-17-7-4-5-9-19(17)20/h6,8,10-14,16,32H,4-5,7,9,15H2,1-3H3,(H,26,27,31). The molecule has 9 nitrogen and oxygen atoms in total. The van der Waals surface area contributed by atoms with E-state index >= 15 is 0 Å². The van der Waals surface area contributed by atoms with E-state index in [2.05, 4.69) is 21.6 Å². The van der Waals surface area contributed by atoms with Crippen LogP contribution in [0, 0.1) is 0 Å². The van der Waals surface area contributed by atoms with E-state index < -0.39 is 23.1 Å². The lowest BCUT2D eigenvalue weighted by molar-refractivity contribution is -0.119. The Bertz CT molecular complexity index is 1210. The molecule has 2 N–H and O–H groups in total. The quantitative estimate of drug-likeness (QED) is 0.571. The summed E-state index contributed by atoms with van der Waals surface area (Å²) in [6.07, 6.45) is 7.40. The molecule has 0 saturated heterocycles. The van der Waals surface area contributed by atoms with Crippen LogP contribution in [0.25, 0.3) is 0 Å². The number of rotatable bonds is 7. The zero-order valence-electron chi connectivity index (χ0n) is 19.1. The fraction of sp³-hybridized carbons (Fsp3) is 0.417. The second kappa shape index (κ2) is 9.19. The Morgan fingerprint density at radius 3 is 2.82 bits per heavy atom. The smallest absolute Gasteiger partial charge is 0.271 e. The molecule has 33 heavy (non-hydrogen) atoms. The van der Waals surface area contributed by atoms with Crippen LogP contribution in [0.1, 0.15) is 50.8 Å². The number of hydrogen-bond acceptors (Lipinski definition) is 6. The molecule has 1 unspecified atom stereocenters. The summed E-state index contributed by atoms with van der Waals surface area (Å²) < 4.78 is 8.63. The highest BCUT2D eigenvalue weighted by Gasteiger charge is 2.20. The number of nitrogens with one attached hydrogen (secondary N) is 1. The summed E-state index contributed by atoms with van der Waals surface area (Å²) in [5.74, 6) is 0.994. The van der Waals surface area contributed by atoms with Gasteiger partial charge in [0.2, 0.25) is 5.91 Å². The molecule has 0 saturated carbocycles. The predicted molar refractivity (Wildman–Crippen MR) is 124 cm³/mol. The zero-order valence-corrected chi connectivity index (χ0v) is 19.1. The van der Waals surface area contributed by atoms with E-state index in [0.717, 1.165) is 29.7 Å². The Morgan fingerprint density at radius 2 is 2.06 bits per heavy atom. The van der Waals surface area contributed by atoms with Crippen molar-refractivity contribution in [1.82, 2.24) is 19.6 Å². The van der Waals surface area contributed by atoms with E-state index in [1.807, 2.05) is 12.1 Å². The number of hydrogen-bond donors (Lipinski definition) is 2. The number of nitrogens with zero attached hydrogens (tertiary/aromatic N) is 4. The van der Waals surface area contributed by atoms with Crippen molar-refractivity contribution in [2.24, 2.45) is 0 Å². The minimum Gasteiger partial charge on any atom is -0.455 e. The molecule has 1 aromatic carbocycles. The van der Waals surface area contributed by atoms with Crippen LogP contribution in [0.5, 0.6) is 11.5 Å². The van der Waals surface area contributed by atoms with Gasteiger partial charge in [0.25, 0.3) is 5.56 Å². The highest BCUT2D eigenvalue weighted by molar-refractivity contribution is 5.92. The molecule has 2 heterocycles. The summed E-state index contributed by atoms with van der Waals surface area (Å²) in [6, 6.07) is 8.11. The molecule has 0 spiro atoms. The normalized spacial score (nSPS) is 14.4. The van der Waals surface area contributed by atoms with E-state index in [0.29, 0.717) is 11.6 Å². The van der Waals surface area contributed by atoms with Crippen LogP contribution in [0.4, 0.5) is 5.82 Å². The molecule has 1 aliphatic carbocycles. The Kier molecular flexibility index (Phi) is 6.33. The van der Waals surface area contributed by atoms with E-state index in [1.165, 1.54) is 29.8 Å². The van der Waals surface area contributed by atoms with Crippen LogP contribution < -0.4 is 15.6 Å². The predicted octanol–water partition coefficient (Wildman–Crippen LogP) is 3.08. The minimum absolute atomic E-state index is 0.283. The third kappa shape index (κ3) is 5.48. The van der Waals surface area contributed by atoms with Crippen molar-refractivity contribution in [3.8, 4) is 11.5 Å². The van der Waals surface area contributed by atoms with Gasteiger partial charge in [0.1, 0.15) is 11.8 Å². The third-order valence-corrected chi connectivity index (χ3v) is 5.57. The first kappa shape index (κ1) is 22.7. The average Bonchev–Trinajstić information content (AvgIpc) is 3.18. The second-order valence-corrected chi connectivity index (χ2v) is 9.05. The number of aromatic nitrogens is 4. The fourth-order valence-corrected chi connectivity index (χ4v) is 3.97. The molecular weight excluding hydrogens is 422 g/mol. The van der Waals surface area contributed by atoms with Crippen molar-refractivity contribution in [3.63, 3.8) is 0 Å². The number of carbonyl (C=O) groups excluding carboxylic acids is 1. The lowest BCUT2D eigenvalue weighted by atomic mass is 9.91. The summed E-state index contributed by atoms with van der Waals surface area (Å²) in [4.78, 5) is 25.3. The third-order valence-electron chi connectivity index (χ3n) is 5.57. The molecule has 0 aliphatic heterocycles. The SMILES string of the molecule is CC(C(=O)Nc1ccn(CC(C)(C)O)n1)n1ncc(Oc2cccc3c2CCCC3)cc1=O. The number of carbonyl (C=O) groups is 1. The van der Waals surface area contributed by atoms with Crippen LogP contribution in [-0.4, -0.2) is 36.2 Å². The molecule has 1 aliphatic rings. The van der Waals surface area contributed by atoms with Gasteiger partial charge in [-0.25, -0.2) is 4.68 Å². The first-order valence-electron chi connectivity index (χ1n) is 11.1. The molecule has 1 atom stereocenters. The summed E-state index contributed by atoms with van der Waals surface area (Å²) in [6.45, 7) is 5.22. The largest absolute Gasteiger partial charge is 0.455 e. The van der Waals surface area contributed by atoms with Crippen LogP contribution in [-0.2, 0) is 24.2 Å². The summed E-state index contributed by atoms with van der Waals surface area (Å²) in [5.41, 5.74) is 1.10. The molecule has 2 aromatic heterocycles. The summed E-state index contributed by atoms with van der Waals surface area (Å²) >= 11 is 0. The van der Waals surface area contributed by atoms with Crippen molar-refractivity contribution in [3.05, 3.63) is 64.2 Å². The van der Waals surface area contributed by atoms with Gasteiger partial charge >= 0.3 is 0 Å². The van der Waals surface area contributed by atoms with Gasteiger partial charge in [0, 0.05) is 18.3 Å². The van der Waals surface area contributed by atoms with Gasteiger partial charge in [-0.3, -0.25) is 14.3 Å². The highest BCUT2D eigenvalue weighted by atomic mass is 16.5. The fourth-order valence-electron chi connectivity index (χ4n) is 3.97. The van der Waals surface area contributed by atoms with Crippen molar-refractivity contribution in [2.75, 3.05) is 5.32 Å². The molecule has 9 heteroatoms. The van der Waals surface area contributed by atoms with Gasteiger partial charge in [-0.2, -0.15) is 10.2 Å². The van der Waals surface area contributed by atoms with Gasteiger partial charge < -0.3 is 15.2 Å². The number of benzene rings is 1. The van der Waals surface area contributed by atoms with Crippen LogP contribution in [0.3, 0.4) is 0 Å². The van der Waals surface area contributed by atoms with Crippen LogP contribution >= 0.6 is 0 Å². The Balaban J connectivity index is 1.44. The monoisotopic (exact) mass is 451 g/mol. The molecule has 3 aromatic rings. The van der Waals surface area contributed by atoms with Gasteiger partial charge in [0.05, 0.1) is 18.3 Å². The number of ether oxygens (including phenoxy) is 1. The van der Waals surface area contributed by atoms with Crippen LogP contribution in [0.2, 0.25) is 0 Å². The lowest BCUT2D eigenvalue weighted by Crippen LogP contribution is -2.33. The summed E-state index contributed by atoms with van der Waals surface area (Å²) in [5, 5.41) is 21.0. The molecular formula is C24H29N5O4. The van der Waals surface area contributed by atoms with E-state index in [-0.39, 0.29) is 6.54 Å². The highest BCUT2D eigenvalue weighted by Crippen LogP contribution is 2.32. The van der Waals surface area contributed by atoms with Crippen molar-refractivity contribution in [1.29, 1.82) is 0 Å². The minimum atomic E-state index is -0.930. The molecule has 0 radical (unpaired) electrons. The topological polar surface area (TPSA) is 111 Å². The lowest BCUT2D eigenvalue weighted by Gasteiger charge is -2.19.